The lowest BCUT2D eigenvalue weighted by Gasteiger charge is -2.15. The van der Waals surface area contributed by atoms with Gasteiger partial charge >= 0.3 is 6.18 Å². The van der Waals surface area contributed by atoms with E-state index in [9.17, 15) is 27.2 Å². The summed E-state index contributed by atoms with van der Waals surface area (Å²) in [5, 5.41) is 8.31. The van der Waals surface area contributed by atoms with E-state index in [0.29, 0.717) is 11.6 Å². The lowest BCUT2D eigenvalue weighted by molar-refractivity contribution is -0.136. The number of rotatable bonds is 5. The summed E-state index contributed by atoms with van der Waals surface area (Å²) in [6.45, 7) is 0. The highest BCUT2D eigenvalue weighted by Crippen LogP contribution is 2.36. The molecule has 2 amide bonds. The van der Waals surface area contributed by atoms with Gasteiger partial charge < -0.3 is 10.6 Å². The first-order valence-corrected chi connectivity index (χ1v) is 8.88. The molecule has 0 aliphatic carbocycles. The van der Waals surface area contributed by atoms with Gasteiger partial charge in [0.2, 0.25) is 5.91 Å². The number of hydrogen-bond acceptors (Lipinski definition) is 3. The Hall–Kier alpha value is -3.95. The second-order valence-electron chi connectivity index (χ2n) is 6.46. The molecular weight excluding hydrogens is 416 g/mol. The van der Waals surface area contributed by atoms with E-state index in [-0.39, 0.29) is 11.3 Å². The Kier molecular flexibility index (Phi) is 6.19. The number of aromatic nitrogens is 2. The van der Waals surface area contributed by atoms with Crippen molar-refractivity contribution in [1.82, 2.24) is 9.78 Å². The van der Waals surface area contributed by atoms with E-state index in [1.54, 1.807) is 13.2 Å². The first-order chi connectivity index (χ1) is 14.6. The van der Waals surface area contributed by atoms with Crippen LogP contribution in [0.2, 0.25) is 0 Å². The second kappa shape index (κ2) is 8.82. The number of carbonyl (C=O) groups is 2. The Morgan fingerprint density at radius 3 is 2.48 bits per heavy atom. The van der Waals surface area contributed by atoms with Gasteiger partial charge in [-0.05, 0) is 36.4 Å². The third-order valence-corrected chi connectivity index (χ3v) is 4.11. The molecule has 3 rings (SSSR count). The number of hydrogen-bond donors (Lipinski definition) is 2. The van der Waals surface area contributed by atoms with Crippen molar-refractivity contribution >= 4 is 29.3 Å². The summed E-state index contributed by atoms with van der Waals surface area (Å²) < 4.78 is 55.7. The van der Waals surface area contributed by atoms with E-state index in [0.717, 1.165) is 18.2 Å². The molecular formula is C21H16F4N4O2. The Bertz CT molecular complexity index is 1150. The molecule has 6 nitrogen and oxygen atoms in total. The van der Waals surface area contributed by atoms with Crippen LogP contribution in [0.15, 0.2) is 60.9 Å². The molecule has 0 saturated carbocycles. The van der Waals surface area contributed by atoms with Crippen molar-refractivity contribution in [3.8, 4) is 0 Å². The highest BCUT2D eigenvalue weighted by Gasteiger charge is 2.34. The molecule has 0 unspecified atom stereocenters. The van der Waals surface area contributed by atoms with Crippen LogP contribution in [0, 0.1) is 5.82 Å². The van der Waals surface area contributed by atoms with Gasteiger partial charge in [0, 0.05) is 30.6 Å². The van der Waals surface area contributed by atoms with Crippen LogP contribution < -0.4 is 10.6 Å². The van der Waals surface area contributed by atoms with Crippen LogP contribution in [0.5, 0.6) is 0 Å². The SMILES string of the molecule is Cn1cc(/C=C\C(=O)Nc2ccc(NC(=O)c3ccccc3F)cc2C(F)(F)F)cn1. The van der Waals surface area contributed by atoms with Crippen LogP contribution in [-0.4, -0.2) is 21.6 Å². The van der Waals surface area contributed by atoms with Crippen LogP contribution in [0.3, 0.4) is 0 Å². The summed E-state index contributed by atoms with van der Waals surface area (Å²) in [7, 11) is 1.68. The van der Waals surface area contributed by atoms with Crippen LogP contribution in [0.4, 0.5) is 28.9 Å². The predicted molar refractivity (Wildman–Crippen MR) is 107 cm³/mol. The maximum absolute atomic E-state index is 13.7. The molecule has 0 aliphatic rings. The Balaban J connectivity index is 1.80. The summed E-state index contributed by atoms with van der Waals surface area (Å²) in [4.78, 5) is 24.2. The number of carbonyl (C=O) groups excluding carboxylic acids is 2. The highest BCUT2D eigenvalue weighted by atomic mass is 19.4. The van der Waals surface area contributed by atoms with Gasteiger partial charge in [-0.2, -0.15) is 18.3 Å². The van der Waals surface area contributed by atoms with Gasteiger partial charge in [0.25, 0.3) is 5.91 Å². The van der Waals surface area contributed by atoms with E-state index < -0.39 is 35.1 Å². The molecule has 1 heterocycles. The smallest absolute Gasteiger partial charge is 0.322 e. The summed E-state index contributed by atoms with van der Waals surface area (Å²) in [6.07, 6.45) is 0.772. The van der Waals surface area contributed by atoms with E-state index >= 15 is 0 Å². The van der Waals surface area contributed by atoms with Crippen molar-refractivity contribution in [2.45, 2.75) is 6.18 Å². The van der Waals surface area contributed by atoms with Crippen molar-refractivity contribution in [2.75, 3.05) is 10.6 Å². The zero-order chi connectivity index (χ0) is 22.6. The zero-order valence-electron chi connectivity index (χ0n) is 16.1. The minimum Gasteiger partial charge on any atom is -0.322 e. The number of amides is 2. The standard InChI is InChI=1S/C21H16F4N4O2/c1-29-12-13(11-26-29)6-9-19(30)28-18-8-7-14(10-16(18)21(23,24)25)27-20(31)15-4-2-3-5-17(15)22/h2-12H,1H3,(H,27,31)(H,28,30)/b9-6-. The molecule has 0 atom stereocenters. The fourth-order valence-electron chi connectivity index (χ4n) is 2.68. The topological polar surface area (TPSA) is 76.0 Å². The summed E-state index contributed by atoms with van der Waals surface area (Å²) in [6, 6.07) is 7.93. The number of anilines is 2. The minimum atomic E-state index is -4.81. The maximum Gasteiger partial charge on any atom is 0.418 e. The third-order valence-electron chi connectivity index (χ3n) is 4.11. The van der Waals surface area contributed by atoms with E-state index in [1.807, 2.05) is 0 Å². The van der Waals surface area contributed by atoms with Crippen molar-refractivity contribution in [3.05, 3.63) is 83.4 Å². The van der Waals surface area contributed by atoms with Crippen LogP contribution in [-0.2, 0) is 18.0 Å². The normalized spacial score (nSPS) is 11.5. The summed E-state index contributed by atoms with van der Waals surface area (Å²) in [5.74, 6) is -2.49. The van der Waals surface area contributed by atoms with Crippen molar-refractivity contribution in [1.29, 1.82) is 0 Å². The van der Waals surface area contributed by atoms with Gasteiger partial charge in [-0.15, -0.1) is 0 Å². The van der Waals surface area contributed by atoms with Gasteiger partial charge in [-0.1, -0.05) is 12.1 Å². The van der Waals surface area contributed by atoms with Crippen LogP contribution in [0.1, 0.15) is 21.5 Å². The Labute approximate surface area is 174 Å². The Morgan fingerprint density at radius 1 is 1.10 bits per heavy atom. The van der Waals surface area contributed by atoms with Gasteiger partial charge in [0.1, 0.15) is 5.82 Å². The Morgan fingerprint density at radius 2 is 1.84 bits per heavy atom. The fourth-order valence-corrected chi connectivity index (χ4v) is 2.68. The third kappa shape index (κ3) is 5.56. The molecule has 0 fully saturated rings. The van der Waals surface area contributed by atoms with E-state index in [1.165, 1.54) is 41.2 Å². The molecule has 2 aromatic carbocycles. The lowest BCUT2D eigenvalue weighted by atomic mass is 10.1. The lowest BCUT2D eigenvalue weighted by Crippen LogP contribution is -2.17. The molecule has 10 heteroatoms. The number of halogens is 4. The first-order valence-electron chi connectivity index (χ1n) is 8.88. The van der Waals surface area contributed by atoms with Crippen LogP contribution in [0.25, 0.3) is 6.08 Å². The van der Waals surface area contributed by atoms with Gasteiger partial charge in [-0.3, -0.25) is 14.3 Å². The molecule has 0 saturated heterocycles. The average molecular weight is 432 g/mol. The zero-order valence-corrected chi connectivity index (χ0v) is 16.1. The molecule has 0 radical (unpaired) electrons. The maximum atomic E-state index is 13.7. The van der Waals surface area contributed by atoms with Gasteiger partial charge in [-0.25, -0.2) is 4.39 Å². The molecule has 160 valence electrons. The molecule has 1 aromatic heterocycles. The molecule has 0 aliphatic heterocycles. The number of alkyl halides is 3. The molecule has 31 heavy (non-hydrogen) atoms. The van der Waals surface area contributed by atoms with Crippen molar-refractivity contribution < 1.29 is 27.2 Å². The highest BCUT2D eigenvalue weighted by molar-refractivity contribution is 6.05. The predicted octanol–water partition coefficient (Wildman–Crippen LogP) is 4.48. The molecule has 0 bridgehead atoms. The van der Waals surface area contributed by atoms with E-state index in [2.05, 4.69) is 15.7 Å². The van der Waals surface area contributed by atoms with Crippen molar-refractivity contribution in [2.24, 2.45) is 7.05 Å². The summed E-state index contributed by atoms with van der Waals surface area (Å²) in [5.41, 5.74) is -1.57. The minimum absolute atomic E-state index is 0.204. The number of benzene rings is 2. The quantitative estimate of drug-likeness (QED) is 0.461. The van der Waals surface area contributed by atoms with Gasteiger partial charge in [0.15, 0.2) is 0 Å². The van der Waals surface area contributed by atoms with Gasteiger partial charge in [0.05, 0.1) is 23.0 Å². The van der Waals surface area contributed by atoms with E-state index in [4.69, 9.17) is 0 Å². The molecule has 0 spiro atoms. The largest absolute Gasteiger partial charge is 0.418 e. The fraction of sp³-hybridized carbons (Fsp3) is 0.0952. The second-order valence-corrected chi connectivity index (χ2v) is 6.46. The van der Waals surface area contributed by atoms with Crippen molar-refractivity contribution in [3.63, 3.8) is 0 Å². The molecule has 2 N–H and O–H groups in total. The number of nitrogens with one attached hydrogen (secondary N) is 2. The first kappa shape index (κ1) is 21.8. The number of aryl methyl sites for hydroxylation is 1. The monoisotopic (exact) mass is 432 g/mol. The van der Waals surface area contributed by atoms with Crippen LogP contribution >= 0.6 is 0 Å². The molecule has 3 aromatic rings. The summed E-state index contributed by atoms with van der Waals surface area (Å²) >= 11 is 0. The average Bonchev–Trinajstić information content (AvgIpc) is 3.12. The number of nitrogens with zero attached hydrogens (tertiary/aromatic N) is 2.